The lowest BCUT2D eigenvalue weighted by molar-refractivity contribution is -0.144. The molecule has 0 heterocycles. The Bertz CT molecular complexity index is 970. The van der Waals surface area contributed by atoms with Gasteiger partial charge in [-0.25, -0.2) is 0 Å². The number of carbonyl (C=O) groups is 2. The highest BCUT2D eigenvalue weighted by atomic mass is 35.5. The van der Waals surface area contributed by atoms with Gasteiger partial charge in [-0.1, -0.05) is 35.3 Å². The van der Waals surface area contributed by atoms with Crippen LogP contribution in [0.1, 0.15) is 41.5 Å². The Balaban J connectivity index is 2.85. The molecule has 2 aromatic rings. The average Bonchev–Trinajstić information content (AvgIpc) is 2.64. The number of hydrogen-bond donors (Lipinski definition) is 2. The first-order chi connectivity index (χ1) is 14.6. The second-order valence-electron chi connectivity index (χ2n) is 6.84. The molecule has 0 aromatic heterocycles. The summed E-state index contributed by atoms with van der Waals surface area (Å²) in [6.07, 6.45) is -11.5. The van der Waals surface area contributed by atoms with Gasteiger partial charge in [0.1, 0.15) is 5.41 Å². The van der Waals surface area contributed by atoms with Gasteiger partial charge in [-0.05, 0) is 48.2 Å². The van der Waals surface area contributed by atoms with Crippen molar-refractivity contribution in [1.82, 2.24) is 0 Å². The van der Waals surface area contributed by atoms with E-state index in [4.69, 9.17) is 28.3 Å². The molecule has 174 valence electrons. The van der Waals surface area contributed by atoms with Crippen molar-refractivity contribution in [1.29, 1.82) is 0 Å². The predicted molar refractivity (Wildman–Crippen MR) is 103 cm³/mol. The van der Waals surface area contributed by atoms with E-state index in [-0.39, 0.29) is 6.42 Å². The first-order valence-corrected chi connectivity index (χ1v) is 9.56. The van der Waals surface area contributed by atoms with Crippen molar-refractivity contribution in [2.75, 3.05) is 0 Å². The number of hydrogen-bond acceptors (Lipinski definition) is 2. The quantitative estimate of drug-likeness (QED) is 0.415. The molecule has 0 aliphatic rings. The van der Waals surface area contributed by atoms with Crippen LogP contribution in [-0.4, -0.2) is 22.2 Å². The molecule has 0 spiro atoms. The smallest absolute Gasteiger partial charge is 0.417 e. The lowest BCUT2D eigenvalue weighted by atomic mass is 9.70. The highest BCUT2D eigenvalue weighted by Gasteiger charge is 2.45. The Morgan fingerprint density at radius 3 is 1.50 bits per heavy atom. The van der Waals surface area contributed by atoms with Crippen LogP contribution in [-0.2, 0) is 27.4 Å². The highest BCUT2D eigenvalue weighted by Crippen LogP contribution is 2.45. The molecular formula is C20H14Cl2F6O4. The second-order valence-corrected chi connectivity index (χ2v) is 7.66. The fraction of sp³-hybridized carbons (Fsp3) is 0.300. The third kappa shape index (κ3) is 5.29. The molecule has 2 aromatic carbocycles. The molecule has 0 aliphatic carbocycles. The molecule has 2 rings (SSSR count). The van der Waals surface area contributed by atoms with Crippen molar-refractivity contribution in [3.05, 3.63) is 68.7 Å². The zero-order valence-corrected chi connectivity index (χ0v) is 17.3. The molecule has 0 amide bonds. The zero-order valence-electron chi connectivity index (χ0n) is 15.8. The topological polar surface area (TPSA) is 74.6 Å². The van der Waals surface area contributed by atoms with E-state index in [0.29, 0.717) is 12.1 Å². The van der Waals surface area contributed by atoms with E-state index in [9.17, 15) is 41.0 Å². The first-order valence-electron chi connectivity index (χ1n) is 8.80. The van der Waals surface area contributed by atoms with Crippen LogP contribution in [0.2, 0.25) is 10.0 Å². The Kier molecular flexibility index (Phi) is 7.41. The Morgan fingerprint density at radius 2 is 1.19 bits per heavy atom. The van der Waals surface area contributed by atoms with Gasteiger partial charge in [0.15, 0.2) is 0 Å². The number of halogens is 8. The SMILES string of the molecule is O=C(O)CCCC(C(=O)O)(c1ccc(Cl)c(C(F)(F)F)c1)c1ccc(Cl)c(C(F)(F)F)c1. The van der Waals surface area contributed by atoms with Crippen LogP contribution in [0, 0.1) is 0 Å². The third-order valence-electron chi connectivity index (χ3n) is 4.84. The fourth-order valence-electron chi connectivity index (χ4n) is 3.33. The summed E-state index contributed by atoms with van der Waals surface area (Å²) in [6, 6.07) is 4.37. The molecule has 0 aliphatic heterocycles. The number of benzene rings is 2. The molecule has 0 saturated carbocycles. The summed E-state index contributed by atoms with van der Waals surface area (Å²) in [5.41, 5.74) is -6.23. The summed E-state index contributed by atoms with van der Waals surface area (Å²) in [6.45, 7) is 0. The maximum atomic E-state index is 13.4. The van der Waals surface area contributed by atoms with Crippen LogP contribution in [0.5, 0.6) is 0 Å². The van der Waals surface area contributed by atoms with Crippen molar-refractivity contribution in [2.24, 2.45) is 0 Å². The molecule has 0 atom stereocenters. The van der Waals surface area contributed by atoms with Crippen LogP contribution in [0.3, 0.4) is 0 Å². The minimum absolute atomic E-state index is 0.352. The number of carboxylic acid groups (broad SMARTS) is 2. The van der Waals surface area contributed by atoms with E-state index in [2.05, 4.69) is 0 Å². The molecule has 2 N–H and O–H groups in total. The highest BCUT2D eigenvalue weighted by molar-refractivity contribution is 6.31. The minimum Gasteiger partial charge on any atom is -0.481 e. The van der Waals surface area contributed by atoms with Gasteiger partial charge in [0.05, 0.1) is 21.2 Å². The van der Waals surface area contributed by atoms with Crippen LogP contribution in [0.4, 0.5) is 26.3 Å². The summed E-state index contributed by atoms with van der Waals surface area (Å²) in [4.78, 5) is 23.3. The molecule has 0 bridgehead atoms. The van der Waals surface area contributed by atoms with E-state index in [1.54, 1.807) is 0 Å². The van der Waals surface area contributed by atoms with Gasteiger partial charge in [0.2, 0.25) is 0 Å². The number of rotatable bonds is 7. The minimum atomic E-state index is -4.98. The van der Waals surface area contributed by atoms with Gasteiger partial charge in [-0.2, -0.15) is 26.3 Å². The number of aliphatic carboxylic acids is 2. The predicted octanol–water partition coefficient (Wildman–Crippen LogP) is 6.66. The number of carboxylic acids is 2. The molecule has 32 heavy (non-hydrogen) atoms. The van der Waals surface area contributed by atoms with E-state index >= 15 is 0 Å². The average molecular weight is 503 g/mol. The number of alkyl halides is 6. The van der Waals surface area contributed by atoms with Gasteiger partial charge in [0, 0.05) is 6.42 Å². The molecule has 4 nitrogen and oxygen atoms in total. The van der Waals surface area contributed by atoms with Gasteiger partial charge < -0.3 is 10.2 Å². The maximum Gasteiger partial charge on any atom is 0.417 e. The molecule has 12 heteroatoms. The Morgan fingerprint density at radius 1 is 0.781 bits per heavy atom. The lowest BCUT2D eigenvalue weighted by Crippen LogP contribution is -2.38. The van der Waals surface area contributed by atoms with Crippen molar-refractivity contribution in [3.8, 4) is 0 Å². The van der Waals surface area contributed by atoms with E-state index in [1.165, 1.54) is 0 Å². The van der Waals surface area contributed by atoms with Gasteiger partial charge in [0.25, 0.3) is 0 Å². The lowest BCUT2D eigenvalue weighted by Gasteiger charge is -2.32. The second kappa shape index (κ2) is 9.19. The van der Waals surface area contributed by atoms with Crippen LogP contribution >= 0.6 is 23.2 Å². The van der Waals surface area contributed by atoms with E-state index in [1.807, 2.05) is 0 Å². The van der Waals surface area contributed by atoms with Crippen molar-refractivity contribution in [3.63, 3.8) is 0 Å². The van der Waals surface area contributed by atoms with Crippen molar-refractivity contribution in [2.45, 2.75) is 37.0 Å². The van der Waals surface area contributed by atoms with Crippen LogP contribution < -0.4 is 0 Å². The van der Waals surface area contributed by atoms with Crippen LogP contribution in [0.15, 0.2) is 36.4 Å². The Hall–Kier alpha value is -2.46. The molecule has 0 radical (unpaired) electrons. The first kappa shape index (κ1) is 25.8. The van der Waals surface area contributed by atoms with Crippen molar-refractivity contribution < 1.29 is 46.1 Å². The van der Waals surface area contributed by atoms with Gasteiger partial charge >= 0.3 is 24.3 Å². The molecular weight excluding hydrogens is 489 g/mol. The monoisotopic (exact) mass is 502 g/mol. The van der Waals surface area contributed by atoms with Crippen LogP contribution in [0.25, 0.3) is 0 Å². The summed E-state index contributed by atoms with van der Waals surface area (Å²) in [5.74, 6) is -3.09. The summed E-state index contributed by atoms with van der Waals surface area (Å²) in [7, 11) is 0. The Labute approximate surface area is 187 Å². The molecule has 0 saturated heterocycles. The summed E-state index contributed by atoms with van der Waals surface area (Å²) < 4.78 is 80.3. The normalized spacial score (nSPS) is 12.6. The largest absolute Gasteiger partial charge is 0.481 e. The van der Waals surface area contributed by atoms with Gasteiger partial charge in [-0.3, -0.25) is 9.59 Å². The molecule has 0 unspecified atom stereocenters. The van der Waals surface area contributed by atoms with Gasteiger partial charge in [-0.15, -0.1) is 0 Å². The maximum absolute atomic E-state index is 13.4. The third-order valence-corrected chi connectivity index (χ3v) is 5.50. The summed E-state index contributed by atoms with van der Waals surface area (Å²) >= 11 is 11.2. The van der Waals surface area contributed by atoms with E-state index in [0.717, 1.165) is 24.3 Å². The standard InChI is InChI=1S/C20H14Cl2F6O4/c21-14-5-3-10(8-12(14)19(23,24)25)18(17(31)32,7-1-2-16(29)30)11-4-6-15(22)13(9-11)20(26,27)28/h3-6,8-9H,1-2,7H2,(H,29,30)(H,31,32). The van der Waals surface area contributed by atoms with E-state index < -0.39 is 74.8 Å². The molecule has 0 fully saturated rings. The zero-order chi connectivity index (χ0) is 24.5. The fourth-order valence-corrected chi connectivity index (χ4v) is 3.78. The summed E-state index contributed by atoms with van der Waals surface area (Å²) in [5, 5.41) is 17.5. The van der Waals surface area contributed by atoms with Crippen molar-refractivity contribution >= 4 is 35.1 Å².